The Bertz CT molecular complexity index is 459. The summed E-state index contributed by atoms with van der Waals surface area (Å²) in [6, 6.07) is 6.62. The van der Waals surface area contributed by atoms with Crippen LogP contribution in [0.4, 0.5) is 5.69 Å². The van der Waals surface area contributed by atoms with Gasteiger partial charge in [-0.3, -0.25) is 14.9 Å². The standard InChI is InChI=1S/C14H21N3O3/c1-3-16(4-2)14(18)9-10-15-11-12-7-5-6-8-13(12)17(19)20/h5-8,15H,3-4,9-11H2,1-2H3. The topological polar surface area (TPSA) is 75.5 Å². The summed E-state index contributed by atoms with van der Waals surface area (Å²) in [6.07, 6.45) is 0.405. The van der Waals surface area contributed by atoms with Gasteiger partial charge in [-0.15, -0.1) is 0 Å². The summed E-state index contributed by atoms with van der Waals surface area (Å²) in [4.78, 5) is 24.0. The molecule has 0 saturated carbocycles. The molecule has 0 unspecified atom stereocenters. The summed E-state index contributed by atoms with van der Waals surface area (Å²) in [5.74, 6) is 0.102. The Morgan fingerprint density at radius 2 is 1.95 bits per heavy atom. The van der Waals surface area contributed by atoms with Crippen LogP contribution < -0.4 is 5.32 Å². The first kappa shape index (κ1) is 16.1. The number of carbonyl (C=O) groups excluding carboxylic acids is 1. The molecule has 0 atom stereocenters. The average molecular weight is 279 g/mol. The fourth-order valence-electron chi connectivity index (χ4n) is 1.99. The summed E-state index contributed by atoms with van der Waals surface area (Å²) in [6.45, 7) is 6.22. The highest BCUT2D eigenvalue weighted by Gasteiger charge is 2.12. The molecule has 6 heteroatoms. The largest absolute Gasteiger partial charge is 0.343 e. The quantitative estimate of drug-likeness (QED) is 0.448. The molecule has 0 spiro atoms. The van der Waals surface area contributed by atoms with E-state index < -0.39 is 4.92 Å². The third-order valence-corrected chi connectivity index (χ3v) is 3.14. The molecule has 0 saturated heterocycles. The van der Waals surface area contributed by atoms with Gasteiger partial charge in [0.1, 0.15) is 0 Å². The lowest BCUT2D eigenvalue weighted by molar-refractivity contribution is -0.385. The molecule has 6 nitrogen and oxygen atoms in total. The SMILES string of the molecule is CCN(CC)C(=O)CCNCc1ccccc1[N+](=O)[O-]. The van der Waals surface area contributed by atoms with Crippen LogP contribution in [-0.2, 0) is 11.3 Å². The van der Waals surface area contributed by atoms with Crippen molar-refractivity contribution in [2.24, 2.45) is 0 Å². The van der Waals surface area contributed by atoms with Gasteiger partial charge in [-0.05, 0) is 13.8 Å². The number of carbonyl (C=O) groups is 1. The van der Waals surface area contributed by atoms with Crippen molar-refractivity contribution in [3.8, 4) is 0 Å². The summed E-state index contributed by atoms with van der Waals surface area (Å²) < 4.78 is 0. The first-order valence-corrected chi connectivity index (χ1v) is 6.80. The van der Waals surface area contributed by atoms with Crippen LogP contribution in [0.15, 0.2) is 24.3 Å². The highest BCUT2D eigenvalue weighted by molar-refractivity contribution is 5.76. The van der Waals surface area contributed by atoms with E-state index in [2.05, 4.69) is 5.32 Å². The van der Waals surface area contributed by atoms with Gasteiger partial charge in [0.15, 0.2) is 0 Å². The highest BCUT2D eigenvalue weighted by Crippen LogP contribution is 2.16. The molecular weight excluding hydrogens is 258 g/mol. The average Bonchev–Trinajstić information content (AvgIpc) is 2.45. The Balaban J connectivity index is 2.42. The van der Waals surface area contributed by atoms with Gasteiger partial charge < -0.3 is 10.2 Å². The number of nitro groups is 1. The zero-order valence-electron chi connectivity index (χ0n) is 12.0. The minimum atomic E-state index is -0.391. The Kier molecular flexibility index (Phi) is 6.66. The molecule has 0 aromatic heterocycles. The molecule has 1 N–H and O–H groups in total. The number of hydrogen-bond acceptors (Lipinski definition) is 4. The molecule has 0 aliphatic rings. The van der Waals surface area contributed by atoms with Gasteiger partial charge in [-0.1, -0.05) is 18.2 Å². The second kappa shape index (κ2) is 8.27. The van der Waals surface area contributed by atoms with Crippen LogP contribution in [0.3, 0.4) is 0 Å². The molecular formula is C14H21N3O3. The van der Waals surface area contributed by atoms with E-state index in [1.54, 1.807) is 23.1 Å². The van der Waals surface area contributed by atoms with Gasteiger partial charge in [0.05, 0.1) is 4.92 Å². The smallest absolute Gasteiger partial charge is 0.273 e. The fraction of sp³-hybridized carbons (Fsp3) is 0.500. The van der Waals surface area contributed by atoms with E-state index in [0.29, 0.717) is 38.2 Å². The van der Waals surface area contributed by atoms with E-state index in [-0.39, 0.29) is 11.6 Å². The lowest BCUT2D eigenvalue weighted by Gasteiger charge is -2.18. The van der Waals surface area contributed by atoms with E-state index in [1.807, 2.05) is 13.8 Å². The molecule has 0 bridgehead atoms. The number of para-hydroxylation sites is 1. The van der Waals surface area contributed by atoms with Gasteiger partial charge in [0.25, 0.3) is 5.69 Å². The number of benzene rings is 1. The Labute approximate surface area is 118 Å². The molecule has 0 aliphatic carbocycles. The normalized spacial score (nSPS) is 10.3. The van der Waals surface area contributed by atoms with Crippen LogP contribution in [0.1, 0.15) is 25.8 Å². The predicted octanol–water partition coefficient (Wildman–Crippen LogP) is 1.94. The van der Waals surface area contributed by atoms with Crippen molar-refractivity contribution < 1.29 is 9.72 Å². The molecule has 0 aliphatic heterocycles. The zero-order valence-corrected chi connectivity index (χ0v) is 12.0. The number of amides is 1. The number of nitro benzene ring substituents is 1. The predicted molar refractivity (Wildman–Crippen MR) is 77.3 cm³/mol. The third-order valence-electron chi connectivity index (χ3n) is 3.14. The Morgan fingerprint density at radius 1 is 1.30 bits per heavy atom. The van der Waals surface area contributed by atoms with Crippen LogP contribution in [-0.4, -0.2) is 35.4 Å². The monoisotopic (exact) mass is 279 g/mol. The number of nitrogens with one attached hydrogen (secondary N) is 1. The van der Waals surface area contributed by atoms with Crippen LogP contribution in [0, 0.1) is 10.1 Å². The van der Waals surface area contributed by atoms with Crippen LogP contribution in [0.5, 0.6) is 0 Å². The maximum Gasteiger partial charge on any atom is 0.273 e. The van der Waals surface area contributed by atoms with Gasteiger partial charge in [-0.25, -0.2) is 0 Å². The summed E-state index contributed by atoms with van der Waals surface area (Å²) in [7, 11) is 0. The van der Waals surface area contributed by atoms with Crippen molar-refractivity contribution in [1.29, 1.82) is 0 Å². The lowest BCUT2D eigenvalue weighted by atomic mass is 10.2. The number of rotatable bonds is 8. The van der Waals surface area contributed by atoms with E-state index in [4.69, 9.17) is 0 Å². The first-order valence-electron chi connectivity index (χ1n) is 6.80. The minimum Gasteiger partial charge on any atom is -0.343 e. The zero-order chi connectivity index (χ0) is 15.0. The second-order valence-corrected chi connectivity index (χ2v) is 4.38. The maximum absolute atomic E-state index is 11.8. The molecule has 0 heterocycles. The summed E-state index contributed by atoms with van der Waals surface area (Å²) in [5, 5.41) is 13.9. The number of hydrogen-bond donors (Lipinski definition) is 1. The van der Waals surface area contributed by atoms with Crippen molar-refractivity contribution in [2.45, 2.75) is 26.8 Å². The summed E-state index contributed by atoms with van der Waals surface area (Å²) >= 11 is 0. The maximum atomic E-state index is 11.8. The minimum absolute atomic E-state index is 0.102. The molecule has 1 aromatic rings. The van der Waals surface area contributed by atoms with Crippen molar-refractivity contribution in [2.75, 3.05) is 19.6 Å². The molecule has 110 valence electrons. The van der Waals surface area contributed by atoms with Crippen LogP contribution >= 0.6 is 0 Å². The lowest BCUT2D eigenvalue weighted by Crippen LogP contribution is -2.32. The van der Waals surface area contributed by atoms with Crippen LogP contribution in [0.25, 0.3) is 0 Å². The number of nitrogens with zero attached hydrogens (tertiary/aromatic N) is 2. The van der Waals surface area contributed by atoms with Gasteiger partial charge in [-0.2, -0.15) is 0 Å². The highest BCUT2D eigenvalue weighted by atomic mass is 16.6. The van der Waals surface area contributed by atoms with Crippen LogP contribution in [0.2, 0.25) is 0 Å². The molecule has 0 radical (unpaired) electrons. The van der Waals surface area contributed by atoms with Crippen molar-refractivity contribution in [3.63, 3.8) is 0 Å². The molecule has 0 fully saturated rings. The van der Waals surface area contributed by atoms with E-state index in [0.717, 1.165) is 0 Å². The Hall–Kier alpha value is -1.95. The molecule has 1 rings (SSSR count). The van der Waals surface area contributed by atoms with Gasteiger partial charge in [0, 0.05) is 44.2 Å². The van der Waals surface area contributed by atoms with E-state index in [9.17, 15) is 14.9 Å². The third kappa shape index (κ3) is 4.62. The van der Waals surface area contributed by atoms with Crippen molar-refractivity contribution >= 4 is 11.6 Å². The van der Waals surface area contributed by atoms with Crippen molar-refractivity contribution in [3.05, 3.63) is 39.9 Å². The molecule has 1 amide bonds. The summed E-state index contributed by atoms with van der Waals surface area (Å²) in [5.41, 5.74) is 0.739. The van der Waals surface area contributed by atoms with E-state index in [1.165, 1.54) is 6.07 Å². The first-order chi connectivity index (χ1) is 9.60. The van der Waals surface area contributed by atoms with Gasteiger partial charge >= 0.3 is 0 Å². The van der Waals surface area contributed by atoms with Gasteiger partial charge in [0.2, 0.25) is 5.91 Å². The van der Waals surface area contributed by atoms with E-state index >= 15 is 0 Å². The van der Waals surface area contributed by atoms with Crippen molar-refractivity contribution in [1.82, 2.24) is 10.2 Å². The molecule has 20 heavy (non-hydrogen) atoms. The molecule has 1 aromatic carbocycles. The fourth-order valence-corrected chi connectivity index (χ4v) is 1.99. The second-order valence-electron chi connectivity index (χ2n) is 4.38. The Morgan fingerprint density at radius 3 is 2.55 bits per heavy atom.